The summed E-state index contributed by atoms with van der Waals surface area (Å²) in [6.07, 6.45) is 1.20. The van der Waals surface area contributed by atoms with E-state index >= 15 is 0 Å². The maximum Gasteiger partial charge on any atom is 0.340 e. The largest absolute Gasteiger partial charge is 0.484 e. The number of nitro benzene ring substituents is 1. The van der Waals surface area contributed by atoms with Gasteiger partial charge in [0.15, 0.2) is 12.4 Å². The average Bonchev–Trinajstić information content (AvgIpc) is 2.91. The number of β-lactam (4-membered cyclic amide) rings is 1. The van der Waals surface area contributed by atoms with Gasteiger partial charge in [0.05, 0.1) is 10.7 Å². The summed E-state index contributed by atoms with van der Waals surface area (Å²) in [5.41, 5.74) is -1.55. The summed E-state index contributed by atoms with van der Waals surface area (Å²) in [7, 11) is 0. The molecule has 0 spiro atoms. The third-order valence-corrected chi connectivity index (χ3v) is 7.28. The van der Waals surface area contributed by atoms with E-state index in [1.807, 2.05) is 6.07 Å². The Morgan fingerprint density at radius 3 is 2.54 bits per heavy atom. The zero-order valence-corrected chi connectivity index (χ0v) is 20.3. The van der Waals surface area contributed by atoms with Crippen molar-refractivity contribution >= 4 is 41.0 Å². The number of thioether (sulfide) groups is 1. The summed E-state index contributed by atoms with van der Waals surface area (Å²) in [5, 5.41) is 12.8. The molecule has 2 saturated heterocycles. The molecule has 4 rings (SSSR count). The number of rotatable bonds is 10. The Balaban J connectivity index is 1.44. The van der Waals surface area contributed by atoms with Crippen LogP contribution in [0.3, 0.4) is 0 Å². The van der Waals surface area contributed by atoms with Gasteiger partial charge in [0.2, 0.25) is 5.54 Å². The van der Waals surface area contributed by atoms with E-state index in [1.54, 1.807) is 24.3 Å². The van der Waals surface area contributed by atoms with Gasteiger partial charge in [0.1, 0.15) is 23.8 Å². The van der Waals surface area contributed by atoms with Crippen molar-refractivity contribution in [1.82, 2.24) is 10.2 Å². The van der Waals surface area contributed by atoms with E-state index in [0.29, 0.717) is 11.3 Å². The van der Waals surface area contributed by atoms with Crippen molar-refractivity contribution in [2.24, 2.45) is 0 Å². The van der Waals surface area contributed by atoms with Crippen molar-refractivity contribution in [1.29, 1.82) is 0 Å². The second-order valence-electron chi connectivity index (χ2n) is 8.33. The number of ether oxygens (including phenoxy) is 2. The summed E-state index contributed by atoms with van der Waals surface area (Å²) < 4.78 is 10.8. The normalized spacial score (nSPS) is 22.3. The Hall–Kier alpha value is -4.19. The molecular formula is C25H23N3O8S. The Morgan fingerprint density at radius 2 is 1.89 bits per heavy atom. The van der Waals surface area contributed by atoms with Crippen LogP contribution in [0.25, 0.3) is 0 Å². The standard InChI is InChI=1S/C25H23N3O8S/c1-2-12-25(24(32)36-13-16-8-10-17(11-9-16)28(33)34)19(29)15-37-23-21(22(31)27(23)25)26-20(30)14-35-18-6-4-3-5-7-18/h2-11,21,23H,1,12-15H2,(H,26,30)/t21-,23-,25?/m1/s1. The molecule has 2 fully saturated rings. The molecule has 3 atom stereocenters. The number of nitro groups is 1. The van der Waals surface area contributed by atoms with Crippen molar-refractivity contribution < 1.29 is 33.6 Å². The second kappa shape index (κ2) is 10.8. The first-order valence-electron chi connectivity index (χ1n) is 11.2. The van der Waals surface area contributed by atoms with Crippen LogP contribution in [0.15, 0.2) is 67.3 Å². The van der Waals surface area contributed by atoms with Crippen molar-refractivity contribution in [2.45, 2.75) is 30.0 Å². The topological polar surface area (TPSA) is 145 Å². The van der Waals surface area contributed by atoms with Crippen LogP contribution in [0.5, 0.6) is 5.75 Å². The first-order chi connectivity index (χ1) is 17.8. The van der Waals surface area contributed by atoms with E-state index in [1.165, 1.54) is 30.3 Å². The van der Waals surface area contributed by atoms with E-state index in [2.05, 4.69) is 11.9 Å². The molecule has 2 aromatic carbocycles. The number of nitrogens with zero attached hydrogens (tertiary/aromatic N) is 2. The molecule has 2 heterocycles. The molecule has 1 N–H and O–H groups in total. The van der Waals surface area contributed by atoms with Crippen molar-refractivity contribution in [3.63, 3.8) is 0 Å². The molecule has 12 heteroatoms. The lowest BCUT2D eigenvalue weighted by Gasteiger charge is -2.56. The van der Waals surface area contributed by atoms with Crippen LogP contribution in [0.4, 0.5) is 5.69 Å². The van der Waals surface area contributed by atoms with E-state index in [0.717, 1.165) is 16.7 Å². The fraction of sp³-hybridized carbons (Fsp3) is 0.280. The first-order valence-corrected chi connectivity index (χ1v) is 12.3. The molecule has 0 radical (unpaired) electrons. The molecule has 0 aliphatic carbocycles. The maximum atomic E-state index is 13.3. The number of hydrogen-bond acceptors (Lipinski definition) is 9. The van der Waals surface area contributed by atoms with Gasteiger partial charge in [-0.15, -0.1) is 18.3 Å². The van der Waals surface area contributed by atoms with Gasteiger partial charge in [0.25, 0.3) is 17.5 Å². The highest BCUT2D eigenvalue weighted by atomic mass is 32.2. The number of carbonyl (C=O) groups is 4. The van der Waals surface area contributed by atoms with Crippen LogP contribution in [-0.2, 0) is 30.5 Å². The minimum Gasteiger partial charge on any atom is -0.484 e. The van der Waals surface area contributed by atoms with Crippen LogP contribution in [0, 0.1) is 10.1 Å². The van der Waals surface area contributed by atoms with E-state index < -0.39 is 45.4 Å². The number of ketones is 1. The molecule has 0 aromatic heterocycles. The highest BCUT2D eigenvalue weighted by molar-refractivity contribution is 8.00. The van der Waals surface area contributed by atoms with Gasteiger partial charge in [-0.25, -0.2) is 4.79 Å². The number of nitrogens with one attached hydrogen (secondary N) is 1. The number of non-ortho nitro benzene ring substituents is 1. The highest BCUT2D eigenvalue weighted by Gasteiger charge is 2.66. The fourth-order valence-corrected chi connectivity index (χ4v) is 5.54. The Labute approximate surface area is 215 Å². The number of amides is 2. The number of carbonyl (C=O) groups excluding carboxylic acids is 4. The first kappa shape index (κ1) is 25.9. The lowest BCUT2D eigenvalue weighted by molar-refractivity contribution is -0.384. The predicted molar refractivity (Wildman–Crippen MR) is 132 cm³/mol. The van der Waals surface area contributed by atoms with Gasteiger partial charge in [-0.3, -0.25) is 24.5 Å². The molecule has 192 valence electrons. The SMILES string of the molecule is C=CCC1(C(=O)OCc2ccc([N+](=O)[O-])cc2)C(=O)CS[C@@H]2[C@H](NC(=O)COc3ccccc3)C(=O)N21. The van der Waals surface area contributed by atoms with Crippen LogP contribution in [-0.4, -0.2) is 62.7 Å². The highest BCUT2D eigenvalue weighted by Crippen LogP contribution is 2.44. The number of esters is 1. The van der Waals surface area contributed by atoms with Gasteiger partial charge in [-0.1, -0.05) is 24.3 Å². The van der Waals surface area contributed by atoms with Gasteiger partial charge >= 0.3 is 5.97 Å². The number of fused-ring (bicyclic) bond motifs is 1. The number of para-hydroxylation sites is 1. The molecule has 11 nitrogen and oxygen atoms in total. The van der Waals surface area contributed by atoms with Crippen LogP contribution < -0.4 is 10.1 Å². The van der Waals surface area contributed by atoms with Gasteiger partial charge in [-0.05, 0) is 29.8 Å². The van der Waals surface area contributed by atoms with Gasteiger partial charge in [0, 0.05) is 18.6 Å². The summed E-state index contributed by atoms with van der Waals surface area (Å²) in [6, 6.07) is 13.2. The molecule has 0 bridgehead atoms. The van der Waals surface area contributed by atoms with E-state index in [9.17, 15) is 29.3 Å². The van der Waals surface area contributed by atoms with E-state index in [4.69, 9.17) is 9.47 Å². The molecule has 2 aromatic rings. The molecule has 1 unspecified atom stereocenters. The van der Waals surface area contributed by atoms with Gasteiger partial charge in [-0.2, -0.15) is 0 Å². The lowest BCUT2D eigenvalue weighted by Crippen LogP contribution is -2.81. The van der Waals surface area contributed by atoms with Crippen molar-refractivity contribution in [2.75, 3.05) is 12.4 Å². The molecule has 2 aliphatic rings. The summed E-state index contributed by atoms with van der Waals surface area (Å²) in [4.78, 5) is 63.3. The molecule has 2 aliphatic heterocycles. The molecule has 0 saturated carbocycles. The lowest BCUT2D eigenvalue weighted by atomic mass is 9.83. The number of benzene rings is 2. The minimum absolute atomic E-state index is 0.0677. The smallest absolute Gasteiger partial charge is 0.340 e. The number of hydrogen-bond donors (Lipinski definition) is 1. The molecule has 2 amide bonds. The summed E-state index contributed by atoms with van der Waals surface area (Å²) in [6.45, 7) is 3.08. The van der Waals surface area contributed by atoms with Crippen molar-refractivity contribution in [3.8, 4) is 5.75 Å². The van der Waals surface area contributed by atoms with Crippen LogP contribution in [0.2, 0.25) is 0 Å². The maximum absolute atomic E-state index is 13.3. The number of Topliss-reactive ketones (excluding diaryl/α,β-unsaturated/α-hetero) is 1. The van der Waals surface area contributed by atoms with Gasteiger partial charge < -0.3 is 19.7 Å². The Morgan fingerprint density at radius 1 is 1.19 bits per heavy atom. The van der Waals surface area contributed by atoms with E-state index in [-0.39, 0.29) is 31.1 Å². The monoisotopic (exact) mass is 525 g/mol. The predicted octanol–water partition coefficient (Wildman–Crippen LogP) is 2.00. The fourth-order valence-electron chi connectivity index (χ4n) is 4.17. The summed E-state index contributed by atoms with van der Waals surface area (Å²) in [5.74, 6) is -2.11. The van der Waals surface area contributed by atoms with Crippen LogP contribution in [0.1, 0.15) is 12.0 Å². The minimum atomic E-state index is -1.91. The quantitative estimate of drug-likeness (QED) is 0.123. The Bertz CT molecular complexity index is 1240. The zero-order chi connectivity index (χ0) is 26.6. The second-order valence-corrected chi connectivity index (χ2v) is 9.44. The summed E-state index contributed by atoms with van der Waals surface area (Å²) >= 11 is 1.15. The average molecular weight is 526 g/mol. The van der Waals surface area contributed by atoms with Crippen LogP contribution >= 0.6 is 11.8 Å². The van der Waals surface area contributed by atoms with Crippen molar-refractivity contribution in [3.05, 3.63) is 82.9 Å². The Kier molecular flexibility index (Phi) is 7.58. The third-order valence-electron chi connectivity index (χ3n) is 6.02. The zero-order valence-electron chi connectivity index (χ0n) is 19.5. The molecule has 37 heavy (non-hydrogen) atoms. The third kappa shape index (κ3) is 5.05. The molecular weight excluding hydrogens is 502 g/mol.